The molecular formula is C27H31FN6O2. The smallest absolute Gasteiger partial charge is 0.250 e. The molecular weight excluding hydrogens is 459 g/mol. The van der Waals surface area contributed by atoms with Gasteiger partial charge in [0.2, 0.25) is 5.88 Å². The first kappa shape index (κ1) is 23.1. The van der Waals surface area contributed by atoms with Gasteiger partial charge in [-0.15, -0.1) is 10.2 Å². The van der Waals surface area contributed by atoms with Crippen molar-refractivity contribution in [1.29, 1.82) is 0 Å². The maximum Gasteiger partial charge on any atom is 0.250 e. The number of nitrogens with zero attached hydrogens (tertiary/aromatic N) is 5. The number of fused-ring (bicyclic) bond motifs is 2. The number of phenols is 1. The Balaban J connectivity index is 1.25. The van der Waals surface area contributed by atoms with Gasteiger partial charge < -0.3 is 20.1 Å². The summed E-state index contributed by atoms with van der Waals surface area (Å²) in [6, 6.07) is 7.27. The predicted octanol–water partition coefficient (Wildman–Crippen LogP) is 4.49. The van der Waals surface area contributed by atoms with Gasteiger partial charge in [-0.25, -0.2) is 14.4 Å². The van der Waals surface area contributed by atoms with E-state index in [0.29, 0.717) is 34.6 Å². The number of phenolic OH excluding ortho intramolecular Hbond substituents is 1. The molecule has 36 heavy (non-hydrogen) atoms. The summed E-state index contributed by atoms with van der Waals surface area (Å²) < 4.78 is 19.0. The van der Waals surface area contributed by atoms with Gasteiger partial charge in [-0.05, 0) is 76.1 Å². The van der Waals surface area contributed by atoms with Crippen molar-refractivity contribution in [3.8, 4) is 34.1 Å². The molecule has 4 heterocycles. The number of benzene rings is 1. The Morgan fingerprint density at radius 2 is 1.75 bits per heavy atom. The molecule has 3 aromatic rings. The highest BCUT2D eigenvalue weighted by atomic mass is 19.1. The Morgan fingerprint density at radius 1 is 1.00 bits per heavy atom. The minimum Gasteiger partial charge on any atom is -0.507 e. The number of hydrogen-bond donors (Lipinski definition) is 2. The summed E-state index contributed by atoms with van der Waals surface area (Å²) in [5.41, 5.74) is 1.96. The maximum atomic E-state index is 14.1. The fraction of sp³-hybridized carbons (Fsp3) is 0.481. The number of anilines is 1. The number of rotatable bonds is 6. The molecule has 2 aliphatic heterocycles. The molecule has 8 nitrogen and oxygen atoms in total. The highest BCUT2D eigenvalue weighted by Crippen LogP contribution is 2.46. The normalized spacial score (nSPS) is 27.2. The van der Waals surface area contributed by atoms with Gasteiger partial charge in [0.15, 0.2) is 17.5 Å². The van der Waals surface area contributed by atoms with Crippen LogP contribution in [0.4, 0.5) is 10.2 Å². The number of pyridine rings is 1. The van der Waals surface area contributed by atoms with Crippen LogP contribution in [0.15, 0.2) is 36.7 Å². The van der Waals surface area contributed by atoms with Crippen LogP contribution in [0.1, 0.15) is 52.4 Å². The Bertz CT molecular complexity index is 1280. The minimum absolute atomic E-state index is 0.00638. The number of piperidine rings is 1. The third-order valence-corrected chi connectivity index (χ3v) is 7.92. The van der Waals surface area contributed by atoms with Crippen molar-refractivity contribution in [1.82, 2.24) is 25.5 Å². The first-order valence-electron chi connectivity index (χ1n) is 12.6. The van der Waals surface area contributed by atoms with Crippen molar-refractivity contribution in [2.45, 2.75) is 75.5 Å². The predicted molar refractivity (Wildman–Crippen MR) is 134 cm³/mol. The lowest BCUT2D eigenvalue weighted by molar-refractivity contribution is 0.203. The molecule has 1 aliphatic carbocycles. The molecule has 6 rings (SSSR count). The van der Waals surface area contributed by atoms with E-state index in [0.717, 1.165) is 18.7 Å². The summed E-state index contributed by atoms with van der Waals surface area (Å²) >= 11 is 0. The second-order valence-corrected chi connectivity index (χ2v) is 11.0. The maximum absolute atomic E-state index is 14.1. The summed E-state index contributed by atoms with van der Waals surface area (Å²) in [6.45, 7) is 4.68. The number of halogens is 1. The van der Waals surface area contributed by atoms with Crippen LogP contribution in [0.3, 0.4) is 0 Å². The monoisotopic (exact) mass is 490 g/mol. The van der Waals surface area contributed by atoms with Crippen LogP contribution in [0.2, 0.25) is 0 Å². The first-order chi connectivity index (χ1) is 17.3. The molecule has 188 valence electrons. The molecule has 1 aromatic carbocycles. The fourth-order valence-corrected chi connectivity index (χ4v) is 6.19. The molecule has 2 N–H and O–H groups in total. The summed E-state index contributed by atoms with van der Waals surface area (Å²) in [7, 11) is 1.37. The molecule has 0 spiro atoms. The van der Waals surface area contributed by atoms with E-state index in [-0.39, 0.29) is 22.7 Å². The molecule has 2 bridgehead atoms. The van der Waals surface area contributed by atoms with Gasteiger partial charge in [-0.1, -0.05) is 6.07 Å². The van der Waals surface area contributed by atoms with Gasteiger partial charge in [-0.3, -0.25) is 0 Å². The average Bonchev–Trinajstić information content (AvgIpc) is 3.65. The number of ether oxygens (including phenoxy) is 1. The molecule has 3 atom stereocenters. The first-order valence-corrected chi connectivity index (χ1v) is 12.6. The van der Waals surface area contributed by atoms with Crippen LogP contribution in [-0.4, -0.2) is 55.5 Å². The van der Waals surface area contributed by atoms with Gasteiger partial charge in [0.25, 0.3) is 0 Å². The molecule has 2 aromatic heterocycles. The lowest BCUT2D eigenvalue weighted by Gasteiger charge is -2.46. The Morgan fingerprint density at radius 3 is 2.33 bits per heavy atom. The standard InChI is InChI=1S/C27H31FN6O2/c1-26-8-9-27(2,33-26)13-19(12-26)34(18-5-6-18)23-15-29-24(32-31-23)20-7-4-16(11-22(20)35)17-10-21(28)25(36-3)30-14-17/h4,7,10-11,14-15,18-19,33,35H,5-6,8-9,12-13H2,1-3H3/t19?,26-,27+. The Hall–Kier alpha value is -3.33. The average molecular weight is 491 g/mol. The van der Waals surface area contributed by atoms with Gasteiger partial charge in [-0.2, -0.15) is 0 Å². The number of aromatic hydroxyl groups is 1. The van der Waals surface area contributed by atoms with Crippen molar-refractivity contribution in [3.63, 3.8) is 0 Å². The summed E-state index contributed by atoms with van der Waals surface area (Å²) in [5.74, 6) is 0.511. The molecule has 0 radical (unpaired) electrons. The van der Waals surface area contributed by atoms with Gasteiger partial charge >= 0.3 is 0 Å². The number of hydrogen-bond acceptors (Lipinski definition) is 8. The van der Waals surface area contributed by atoms with Crippen molar-refractivity contribution >= 4 is 5.82 Å². The lowest BCUT2D eigenvalue weighted by Crippen LogP contribution is -2.59. The van der Waals surface area contributed by atoms with E-state index >= 15 is 0 Å². The highest BCUT2D eigenvalue weighted by molar-refractivity contribution is 5.72. The number of nitrogens with one attached hydrogen (secondary N) is 1. The van der Waals surface area contributed by atoms with E-state index in [1.807, 2.05) is 0 Å². The third-order valence-electron chi connectivity index (χ3n) is 7.92. The van der Waals surface area contributed by atoms with Crippen LogP contribution < -0.4 is 15.0 Å². The lowest BCUT2D eigenvalue weighted by atomic mass is 9.84. The summed E-state index contributed by atoms with van der Waals surface area (Å²) in [4.78, 5) is 11.0. The molecule has 3 aliphatic rings. The Labute approximate surface area is 210 Å². The number of aromatic nitrogens is 4. The largest absolute Gasteiger partial charge is 0.507 e. The van der Waals surface area contributed by atoms with E-state index in [4.69, 9.17) is 4.74 Å². The van der Waals surface area contributed by atoms with E-state index in [9.17, 15) is 9.50 Å². The van der Waals surface area contributed by atoms with Crippen molar-refractivity contribution in [2.24, 2.45) is 0 Å². The van der Waals surface area contributed by atoms with Crippen LogP contribution in [-0.2, 0) is 0 Å². The van der Waals surface area contributed by atoms with E-state index < -0.39 is 5.82 Å². The zero-order valence-corrected chi connectivity index (χ0v) is 20.8. The molecule has 2 saturated heterocycles. The van der Waals surface area contributed by atoms with Gasteiger partial charge in [0, 0.05) is 34.9 Å². The van der Waals surface area contributed by atoms with E-state index in [1.54, 1.807) is 24.4 Å². The van der Waals surface area contributed by atoms with E-state index in [2.05, 4.69) is 44.2 Å². The van der Waals surface area contributed by atoms with Gasteiger partial charge in [0.05, 0.1) is 18.9 Å². The molecule has 9 heteroatoms. The van der Waals surface area contributed by atoms with Crippen LogP contribution >= 0.6 is 0 Å². The van der Waals surface area contributed by atoms with Gasteiger partial charge in [0.1, 0.15) is 5.75 Å². The quantitative estimate of drug-likeness (QED) is 0.522. The summed E-state index contributed by atoms with van der Waals surface area (Å²) in [6.07, 6.45) is 10.2. The molecule has 1 unspecified atom stereocenters. The Kier molecular flexibility index (Phi) is 5.37. The van der Waals surface area contributed by atoms with Crippen molar-refractivity contribution < 1.29 is 14.2 Å². The van der Waals surface area contributed by atoms with Crippen LogP contribution in [0.25, 0.3) is 22.5 Å². The zero-order valence-electron chi connectivity index (χ0n) is 20.8. The third kappa shape index (κ3) is 4.15. The highest BCUT2D eigenvalue weighted by Gasteiger charge is 2.51. The molecule has 0 amide bonds. The zero-order chi connectivity index (χ0) is 25.1. The SMILES string of the molecule is COc1ncc(-c2ccc(-c3ncc(N(C4CC4)C4C[C@]5(C)CC[C@](C)(C4)N5)nn3)c(O)c2)cc1F. The second-order valence-electron chi connectivity index (χ2n) is 11.0. The molecule has 1 saturated carbocycles. The molecule has 3 fully saturated rings. The van der Waals surface area contributed by atoms with Crippen LogP contribution in [0, 0.1) is 5.82 Å². The van der Waals surface area contributed by atoms with Crippen molar-refractivity contribution in [2.75, 3.05) is 12.0 Å². The summed E-state index contributed by atoms with van der Waals surface area (Å²) in [5, 5.41) is 23.5. The second kappa shape index (κ2) is 8.37. The fourth-order valence-electron chi connectivity index (χ4n) is 6.19. The van der Waals surface area contributed by atoms with E-state index in [1.165, 1.54) is 45.1 Å². The van der Waals surface area contributed by atoms with Crippen molar-refractivity contribution in [3.05, 3.63) is 42.5 Å². The number of methoxy groups -OCH3 is 1. The van der Waals surface area contributed by atoms with Crippen LogP contribution in [0.5, 0.6) is 11.6 Å². The minimum atomic E-state index is -0.563. The topological polar surface area (TPSA) is 96.3 Å².